The smallest absolute Gasteiger partial charge is 0.256 e. The summed E-state index contributed by atoms with van der Waals surface area (Å²) in [6.45, 7) is 11.2. The van der Waals surface area contributed by atoms with Gasteiger partial charge < -0.3 is 24.1 Å². The third-order valence-electron chi connectivity index (χ3n) is 9.01. The van der Waals surface area contributed by atoms with E-state index in [1.807, 2.05) is 56.3 Å². The first-order valence-electron chi connectivity index (χ1n) is 16.3. The maximum atomic E-state index is 13.3. The molecule has 0 spiro atoms. The van der Waals surface area contributed by atoms with Gasteiger partial charge in [-0.2, -0.15) is 0 Å². The summed E-state index contributed by atoms with van der Waals surface area (Å²) in [5.74, 6) is 0.354. The molecule has 0 fully saturated rings. The van der Waals surface area contributed by atoms with Crippen LogP contribution in [0.25, 0.3) is 27.1 Å². The number of aromatic nitrogens is 1. The first-order valence-corrected chi connectivity index (χ1v) is 16.7. The lowest BCUT2D eigenvalue weighted by atomic mass is 9.90. The van der Waals surface area contributed by atoms with Crippen LogP contribution < -0.4 is 14.4 Å². The van der Waals surface area contributed by atoms with Crippen molar-refractivity contribution in [3.8, 4) is 33.8 Å². The van der Waals surface area contributed by atoms with E-state index < -0.39 is 0 Å². The van der Waals surface area contributed by atoms with Crippen LogP contribution in [0.4, 0.5) is 11.4 Å². The average molecular weight is 713 g/mol. The molecule has 11 heteroatoms. The van der Waals surface area contributed by atoms with Crippen molar-refractivity contribution in [3.05, 3.63) is 135 Å². The first kappa shape index (κ1) is 35.5. The molecule has 10 nitrogen and oxygen atoms in total. The minimum atomic E-state index is -0.322. The number of aldehydes is 2. The molecule has 260 valence electrons. The molecule has 0 unspecified atom stereocenters. The highest BCUT2D eigenvalue weighted by Gasteiger charge is 2.30. The van der Waals surface area contributed by atoms with Crippen molar-refractivity contribution in [2.45, 2.75) is 27.1 Å². The van der Waals surface area contributed by atoms with Crippen LogP contribution in [0.5, 0.6) is 11.5 Å². The van der Waals surface area contributed by atoms with Crippen molar-refractivity contribution >= 4 is 47.4 Å². The molecule has 52 heavy (non-hydrogen) atoms. The molecule has 1 aliphatic rings. The molecule has 4 aromatic carbocycles. The van der Waals surface area contributed by atoms with Crippen LogP contribution in [-0.2, 0) is 22.8 Å². The van der Waals surface area contributed by atoms with E-state index in [2.05, 4.69) is 9.83 Å². The van der Waals surface area contributed by atoms with E-state index in [0.29, 0.717) is 57.2 Å². The average Bonchev–Trinajstić information content (AvgIpc) is 3.24. The van der Waals surface area contributed by atoms with E-state index in [1.165, 1.54) is 16.0 Å². The Morgan fingerprint density at radius 2 is 1.60 bits per heavy atom. The normalized spacial score (nSPS) is 12.5. The van der Waals surface area contributed by atoms with Gasteiger partial charge in [0.2, 0.25) is 11.6 Å². The topological polar surface area (TPSA) is 110 Å². The molecule has 0 N–H and O–H groups in total. The summed E-state index contributed by atoms with van der Waals surface area (Å²) in [6.07, 6.45) is 4.40. The molecule has 0 aliphatic carbocycles. The number of likely N-dealkylation sites (N-methyl/N-ethyl adjacent to an activating group) is 1. The number of benzene rings is 4. The molecular formula is C41H33ClN4O6. The maximum absolute atomic E-state index is 13.3. The zero-order valence-electron chi connectivity index (χ0n) is 28.7. The van der Waals surface area contributed by atoms with E-state index in [0.717, 1.165) is 33.4 Å². The first-order chi connectivity index (χ1) is 25.1. The second-order valence-corrected chi connectivity index (χ2v) is 12.7. The molecule has 5 aromatic rings. The predicted molar refractivity (Wildman–Crippen MR) is 198 cm³/mol. The summed E-state index contributed by atoms with van der Waals surface area (Å²) in [5, 5.41) is 0.354. The van der Waals surface area contributed by atoms with Crippen molar-refractivity contribution in [2.24, 2.45) is 0 Å². The summed E-state index contributed by atoms with van der Waals surface area (Å²) in [4.78, 5) is 59.5. The number of carbonyl (C=O) groups excluding carboxylic acids is 4. The van der Waals surface area contributed by atoms with E-state index in [9.17, 15) is 19.2 Å². The molecule has 6 rings (SSSR count). The Labute approximate surface area is 306 Å². The Hall–Kier alpha value is -6.31. The van der Waals surface area contributed by atoms with Gasteiger partial charge in [0.15, 0.2) is 6.29 Å². The van der Waals surface area contributed by atoms with Crippen molar-refractivity contribution in [1.29, 1.82) is 0 Å². The van der Waals surface area contributed by atoms with Crippen LogP contribution in [0.2, 0.25) is 5.02 Å². The lowest BCUT2D eigenvalue weighted by Gasteiger charge is -2.20. The summed E-state index contributed by atoms with van der Waals surface area (Å²) in [7, 11) is 1.57. The summed E-state index contributed by atoms with van der Waals surface area (Å²) >= 11 is 6.57. The minimum Gasteiger partial charge on any atom is -0.489 e. The molecule has 1 aliphatic heterocycles. The number of pyridine rings is 1. The van der Waals surface area contributed by atoms with Crippen LogP contribution in [0.15, 0.2) is 85.2 Å². The SMILES string of the molecule is [C-]#[N+]c1cncc(COc2cc(COc3cccc(-c4cccc(-c5ccc6c(c5)C(=O)N(C)CC(=O)N6CC=O)c4C)c3C)c(Cl)cc2C=O)c1. The largest absolute Gasteiger partial charge is 0.489 e. The number of anilines is 1. The van der Waals surface area contributed by atoms with Crippen molar-refractivity contribution in [1.82, 2.24) is 9.88 Å². The third-order valence-corrected chi connectivity index (χ3v) is 9.36. The van der Waals surface area contributed by atoms with Gasteiger partial charge in [0.1, 0.15) is 37.5 Å². The highest BCUT2D eigenvalue weighted by atomic mass is 35.5. The van der Waals surface area contributed by atoms with Gasteiger partial charge in [-0.3, -0.25) is 19.4 Å². The van der Waals surface area contributed by atoms with E-state index in [1.54, 1.807) is 43.6 Å². The van der Waals surface area contributed by atoms with Crippen LogP contribution in [-0.4, -0.2) is 54.4 Å². The fraction of sp³-hybridized carbons (Fsp3) is 0.171. The number of hydrogen-bond acceptors (Lipinski definition) is 7. The summed E-state index contributed by atoms with van der Waals surface area (Å²) in [6, 6.07) is 22.0. The van der Waals surface area contributed by atoms with E-state index in [-0.39, 0.29) is 43.7 Å². The molecule has 0 bridgehead atoms. The number of nitrogens with zero attached hydrogens (tertiary/aromatic N) is 4. The quantitative estimate of drug-likeness (QED) is 0.101. The molecule has 2 amide bonds. The van der Waals surface area contributed by atoms with Gasteiger partial charge in [0.05, 0.1) is 29.9 Å². The molecule has 2 heterocycles. The van der Waals surface area contributed by atoms with Crippen molar-refractivity contribution in [2.75, 3.05) is 25.0 Å². The number of amides is 2. The zero-order valence-corrected chi connectivity index (χ0v) is 29.4. The van der Waals surface area contributed by atoms with Crippen molar-refractivity contribution < 1.29 is 28.7 Å². The van der Waals surface area contributed by atoms with Crippen LogP contribution in [0, 0.1) is 20.4 Å². The Bertz CT molecular complexity index is 2280. The number of fused-ring (bicyclic) bond motifs is 1. The maximum Gasteiger partial charge on any atom is 0.256 e. The molecule has 0 saturated carbocycles. The molecule has 0 atom stereocenters. The number of ether oxygens (including phenoxy) is 2. The van der Waals surface area contributed by atoms with Crippen LogP contribution in [0.1, 0.15) is 43.0 Å². The fourth-order valence-corrected chi connectivity index (χ4v) is 6.48. The van der Waals surface area contributed by atoms with Crippen LogP contribution >= 0.6 is 11.6 Å². The van der Waals surface area contributed by atoms with E-state index in [4.69, 9.17) is 27.6 Å². The molecule has 0 radical (unpaired) electrons. The lowest BCUT2D eigenvalue weighted by molar-refractivity contribution is -0.120. The van der Waals surface area contributed by atoms with Crippen LogP contribution in [0.3, 0.4) is 0 Å². The second-order valence-electron chi connectivity index (χ2n) is 12.3. The minimum absolute atomic E-state index is 0.105. The Morgan fingerprint density at radius 1 is 0.865 bits per heavy atom. The Kier molecular flexibility index (Phi) is 10.4. The Balaban J connectivity index is 1.27. The summed E-state index contributed by atoms with van der Waals surface area (Å²) in [5.41, 5.74) is 8.24. The Morgan fingerprint density at radius 3 is 2.35 bits per heavy atom. The zero-order chi connectivity index (χ0) is 36.9. The predicted octanol–water partition coefficient (Wildman–Crippen LogP) is 7.82. The van der Waals surface area contributed by atoms with Gasteiger partial charge in [0.25, 0.3) is 5.91 Å². The van der Waals surface area contributed by atoms with Gasteiger partial charge in [-0.25, -0.2) is 4.85 Å². The van der Waals surface area contributed by atoms with Gasteiger partial charge in [0, 0.05) is 30.0 Å². The standard InChI is InChI=1S/C41H33ClN4O6/c1-25-32(28-11-12-37-35(16-28)41(50)45(4)21-40(49)46(37)13-14-47)7-5-8-33(25)34-9-6-10-38(26(34)2)52-24-30-18-39(29(22-48)17-36(30)42)51-23-27-15-31(43-3)20-44-19-27/h5-12,14-20,22H,13,21,23-24H2,1-2,4H3. The lowest BCUT2D eigenvalue weighted by Crippen LogP contribution is -2.38. The molecule has 0 saturated heterocycles. The molecular weight excluding hydrogens is 680 g/mol. The number of rotatable bonds is 11. The highest BCUT2D eigenvalue weighted by Crippen LogP contribution is 2.38. The number of halogens is 1. The van der Waals surface area contributed by atoms with Gasteiger partial charge in [-0.15, -0.1) is 0 Å². The second kappa shape index (κ2) is 15.3. The van der Waals surface area contributed by atoms with Crippen molar-refractivity contribution in [3.63, 3.8) is 0 Å². The summed E-state index contributed by atoms with van der Waals surface area (Å²) < 4.78 is 12.3. The highest BCUT2D eigenvalue weighted by molar-refractivity contribution is 6.31. The number of hydrogen-bond donors (Lipinski definition) is 0. The monoisotopic (exact) mass is 712 g/mol. The number of carbonyl (C=O) groups is 4. The van der Waals surface area contributed by atoms with Gasteiger partial charge in [-0.05, 0) is 89.2 Å². The molecule has 1 aromatic heterocycles. The third kappa shape index (κ3) is 7.13. The van der Waals surface area contributed by atoms with Gasteiger partial charge >= 0.3 is 0 Å². The fourth-order valence-electron chi connectivity index (χ4n) is 6.26. The van der Waals surface area contributed by atoms with E-state index >= 15 is 0 Å². The van der Waals surface area contributed by atoms with Gasteiger partial charge in [-0.1, -0.05) is 48.0 Å².